The number of aryl methyl sites for hydroxylation is 1. The quantitative estimate of drug-likeness (QED) is 0.813. The average molecular weight is 250 g/mol. The van der Waals surface area contributed by atoms with E-state index in [9.17, 15) is 5.11 Å². The van der Waals surface area contributed by atoms with Gasteiger partial charge in [-0.2, -0.15) is 0 Å². The molecule has 0 amide bonds. The lowest BCUT2D eigenvalue weighted by Crippen LogP contribution is -2.38. The molecule has 0 aliphatic heterocycles. The highest BCUT2D eigenvalue weighted by Gasteiger charge is 2.21. The summed E-state index contributed by atoms with van der Waals surface area (Å²) in [5.41, 5.74) is 8.61. The van der Waals surface area contributed by atoms with E-state index in [1.165, 1.54) is 11.1 Å². The predicted octanol–water partition coefficient (Wildman–Crippen LogP) is 2.09. The van der Waals surface area contributed by atoms with Gasteiger partial charge in [0.2, 0.25) is 0 Å². The van der Waals surface area contributed by atoms with Crippen molar-refractivity contribution in [1.82, 2.24) is 4.90 Å². The van der Waals surface area contributed by atoms with Crippen LogP contribution >= 0.6 is 0 Å². The summed E-state index contributed by atoms with van der Waals surface area (Å²) in [5, 5.41) is 9.37. The van der Waals surface area contributed by atoms with E-state index in [-0.39, 0.29) is 18.2 Å². The first kappa shape index (κ1) is 15.2. The maximum absolute atomic E-state index is 9.37. The Labute approximate surface area is 111 Å². The van der Waals surface area contributed by atoms with Gasteiger partial charge in [0.15, 0.2) is 0 Å². The summed E-state index contributed by atoms with van der Waals surface area (Å²) in [6, 6.07) is 8.78. The van der Waals surface area contributed by atoms with Crippen molar-refractivity contribution in [3.05, 3.63) is 35.4 Å². The van der Waals surface area contributed by atoms with Gasteiger partial charge in [0, 0.05) is 18.6 Å². The van der Waals surface area contributed by atoms with E-state index in [1.54, 1.807) is 0 Å². The molecule has 0 aromatic heterocycles. The molecule has 0 heterocycles. The van der Waals surface area contributed by atoms with E-state index >= 15 is 0 Å². The van der Waals surface area contributed by atoms with Crippen LogP contribution in [0, 0.1) is 6.92 Å². The van der Waals surface area contributed by atoms with Crippen LogP contribution in [-0.4, -0.2) is 35.7 Å². The monoisotopic (exact) mass is 250 g/mol. The maximum Gasteiger partial charge on any atom is 0.0524 e. The number of aliphatic hydroxyl groups is 1. The summed E-state index contributed by atoms with van der Waals surface area (Å²) >= 11 is 0. The number of likely N-dealkylation sites (N-methyl/N-ethyl adjacent to an activating group) is 1. The largest absolute Gasteiger partial charge is 0.393 e. The molecule has 3 unspecified atom stereocenters. The fourth-order valence-electron chi connectivity index (χ4n) is 2.25. The molecule has 0 fully saturated rings. The van der Waals surface area contributed by atoms with Gasteiger partial charge in [0.25, 0.3) is 0 Å². The van der Waals surface area contributed by atoms with E-state index in [0.717, 1.165) is 13.0 Å². The smallest absolute Gasteiger partial charge is 0.0524 e. The number of nitrogens with two attached hydrogens (primary N) is 1. The SMILES string of the molecule is Cc1ccc(C(C(C)N)N(C)CCC(C)O)cc1. The van der Waals surface area contributed by atoms with E-state index in [0.29, 0.717) is 0 Å². The minimum atomic E-state index is -0.265. The Bertz CT molecular complexity index is 346. The second-order valence-corrected chi connectivity index (χ2v) is 5.33. The van der Waals surface area contributed by atoms with Gasteiger partial charge in [0.1, 0.15) is 0 Å². The first-order chi connectivity index (χ1) is 8.41. The van der Waals surface area contributed by atoms with Crippen LogP contribution < -0.4 is 5.73 Å². The third-order valence-corrected chi connectivity index (χ3v) is 3.29. The highest BCUT2D eigenvalue weighted by atomic mass is 16.3. The molecule has 3 nitrogen and oxygen atoms in total. The van der Waals surface area contributed by atoms with Crippen LogP contribution in [0.4, 0.5) is 0 Å². The zero-order valence-electron chi connectivity index (χ0n) is 11.9. The summed E-state index contributed by atoms with van der Waals surface area (Å²) < 4.78 is 0. The summed E-state index contributed by atoms with van der Waals surface area (Å²) in [7, 11) is 2.07. The van der Waals surface area contributed by atoms with Crippen LogP contribution in [0.5, 0.6) is 0 Å². The molecule has 3 atom stereocenters. The van der Waals surface area contributed by atoms with Crippen LogP contribution in [0.2, 0.25) is 0 Å². The Hall–Kier alpha value is -0.900. The number of aliphatic hydroxyl groups excluding tert-OH is 1. The number of hydrogen-bond donors (Lipinski definition) is 2. The van der Waals surface area contributed by atoms with Crippen LogP contribution in [-0.2, 0) is 0 Å². The summed E-state index contributed by atoms with van der Waals surface area (Å²) in [4.78, 5) is 2.22. The van der Waals surface area contributed by atoms with Crippen LogP contribution in [0.3, 0.4) is 0 Å². The Kier molecular flexibility index (Phi) is 5.79. The zero-order chi connectivity index (χ0) is 13.7. The molecule has 0 radical (unpaired) electrons. The average Bonchev–Trinajstić information content (AvgIpc) is 2.29. The van der Waals surface area contributed by atoms with Gasteiger partial charge in [-0.25, -0.2) is 0 Å². The van der Waals surface area contributed by atoms with Crippen molar-refractivity contribution in [3.63, 3.8) is 0 Å². The minimum Gasteiger partial charge on any atom is -0.393 e. The van der Waals surface area contributed by atoms with Crippen molar-refractivity contribution in [2.24, 2.45) is 5.73 Å². The molecule has 3 heteroatoms. The van der Waals surface area contributed by atoms with E-state index in [4.69, 9.17) is 5.73 Å². The Morgan fingerprint density at radius 3 is 2.22 bits per heavy atom. The lowest BCUT2D eigenvalue weighted by Gasteiger charge is -2.32. The normalized spacial score (nSPS) is 16.6. The molecule has 0 bridgehead atoms. The maximum atomic E-state index is 9.37. The number of benzene rings is 1. The molecule has 3 N–H and O–H groups in total. The molecule has 1 aromatic carbocycles. The molecule has 0 spiro atoms. The minimum absolute atomic E-state index is 0.0618. The fourth-order valence-corrected chi connectivity index (χ4v) is 2.25. The molecular formula is C15H26N2O. The van der Waals surface area contributed by atoms with Gasteiger partial charge in [-0.15, -0.1) is 0 Å². The van der Waals surface area contributed by atoms with Gasteiger partial charge in [-0.1, -0.05) is 29.8 Å². The lowest BCUT2D eigenvalue weighted by atomic mass is 9.98. The number of nitrogens with zero attached hydrogens (tertiary/aromatic N) is 1. The van der Waals surface area contributed by atoms with Crippen molar-refractivity contribution >= 4 is 0 Å². The summed E-state index contributed by atoms with van der Waals surface area (Å²) in [6.45, 7) is 6.78. The summed E-state index contributed by atoms with van der Waals surface area (Å²) in [6.07, 6.45) is 0.505. The first-order valence-electron chi connectivity index (χ1n) is 6.62. The Morgan fingerprint density at radius 1 is 1.22 bits per heavy atom. The van der Waals surface area contributed by atoms with Crippen molar-refractivity contribution < 1.29 is 5.11 Å². The van der Waals surface area contributed by atoms with Crippen LogP contribution in [0.25, 0.3) is 0 Å². The van der Waals surface area contributed by atoms with Gasteiger partial charge < -0.3 is 10.8 Å². The van der Waals surface area contributed by atoms with Gasteiger partial charge in [-0.05, 0) is 39.8 Å². The van der Waals surface area contributed by atoms with Crippen LogP contribution in [0.1, 0.15) is 37.4 Å². The number of rotatable bonds is 6. The lowest BCUT2D eigenvalue weighted by molar-refractivity contribution is 0.143. The second kappa shape index (κ2) is 6.88. The van der Waals surface area contributed by atoms with Crippen molar-refractivity contribution in [2.75, 3.05) is 13.6 Å². The molecule has 0 saturated carbocycles. The third kappa shape index (κ3) is 4.41. The predicted molar refractivity (Wildman–Crippen MR) is 76.5 cm³/mol. The Balaban J connectivity index is 2.78. The second-order valence-electron chi connectivity index (χ2n) is 5.33. The molecule has 0 aliphatic rings. The molecular weight excluding hydrogens is 224 g/mol. The van der Waals surface area contributed by atoms with Gasteiger partial charge in [0.05, 0.1) is 6.10 Å². The molecule has 1 rings (SSSR count). The van der Waals surface area contributed by atoms with Crippen molar-refractivity contribution in [2.45, 2.75) is 45.4 Å². The van der Waals surface area contributed by atoms with Gasteiger partial charge >= 0.3 is 0 Å². The topological polar surface area (TPSA) is 49.5 Å². The van der Waals surface area contributed by atoms with E-state index in [2.05, 4.69) is 43.1 Å². The van der Waals surface area contributed by atoms with Crippen molar-refractivity contribution in [1.29, 1.82) is 0 Å². The van der Waals surface area contributed by atoms with Crippen LogP contribution in [0.15, 0.2) is 24.3 Å². The van der Waals surface area contributed by atoms with E-state index < -0.39 is 0 Å². The molecule has 0 saturated heterocycles. The summed E-state index contributed by atoms with van der Waals surface area (Å²) in [5.74, 6) is 0. The fraction of sp³-hybridized carbons (Fsp3) is 0.600. The Morgan fingerprint density at radius 2 is 1.78 bits per heavy atom. The van der Waals surface area contributed by atoms with Crippen molar-refractivity contribution in [3.8, 4) is 0 Å². The zero-order valence-corrected chi connectivity index (χ0v) is 11.9. The van der Waals surface area contributed by atoms with Gasteiger partial charge in [-0.3, -0.25) is 4.90 Å². The number of hydrogen-bond acceptors (Lipinski definition) is 3. The highest BCUT2D eigenvalue weighted by molar-refractivity contribution is 5.25. The van der Waals surface area contributed by atoms with E-state index in [1.807, 2.05) is 13.8 Å². The standard InChI is InChI=1S/C15H26N2O/c1-11-5-7-14(8-6-11)15(13(3)16)17(4)10-9-12(2)18/h5-8,12-13,15,18H,9-10,16H2,1-4H3. The first-order valence-corrected chi connectivity index (χ1v) is 6.62. The molecule has 1 aromatic rings. The molecule has 18 heavy (non-hydrogen) atoms. The third-order valence-electron chi connectivity index (χ3n) is 3.29. The highest BCUT2D eigenvalue weighted by Crippen LogP contribution is 2.23. The molecule has 102 valence electrons. The molecule has 0 aliphatic carbocycles.